The highest BCUT2D eigenvalue weighted by molar-refractivity contribution is 7.98. The number of H-pyrrole nitrogens is 1. The fraction of sp³-hybridized carbons (Fsp3) is 0.421. The molecule has 1 aromatic heterocycles. The molecule has 0 amide bonds. The molecule has 3 rings (SSSR count). The Morgan fingerprint density at radius 1 is 1.28 bits per heavy atom. The summed E-state index contributed by atoms with van der Waals surface area (Å²) in [6, 6.07) is 10.0. The molecule has 1 fully saturated rings. The summed E-state index contributed by atoms with van der Waals surface area (Å²) in [5, 5.41) is 9.89. The Kier molecular flexibility index (Phi) is 5.90. The van der Waals surface area contributed by atoms with Crippen LogP contribution in [0.1, 0.15) is 36.8 Å². The van der Waals surface area contributed by atoms with Crippen LogP contribution in [-0.2, 0) is 6.54 Å². The van der Waals surface area contributed by atoms with Crippen molar-refractivity contribution >= 4 is 11.8 Å². The van der Waals surface area contributed by atoms with Gasteiger partial charge in [0.2, 0.25) is 0 Å². The number of likely N-dealkylation sites (tertiary alicyclic amines) is 1. The van der Waals surface area contributed by atoms with Gasteiger partial charge in [-0.2, -0.15) is 5.26 Å². The molecule has 0 spiro atoms. The normalized spacial score (nSPS) is 15.5. The van der Waals surface area contributed by atoms with Crippen molar-refractivity contribution in [1.82, 2.24) is 14.9 Å². The first-order valence-electron chi connectivity index (χ1n) is 8.61. The van der Waals surface area contributed by atoms with Crippen molar-refractivity contribution in [3.05, 3.63) is 45.7 Å². The smallest absolute Gasteiger partial charge is 0.270 e. The average Bonchev–Trinajstić information content (AvgIpc) is 2.90. The molecule has 0 bridgehead atoms. The van der Waals surface area contributed by atoms with Gasteiger partial charge in [0, 0.05) is 12.1 Å². The number of nitriles is 1. The highest BCUT2D eigenvalue weighted by Crippen LogP contribution is 2.23. The highest BCUT2D eigenvalue weighted by atomic mass is 32.2. The van der Waals surface area contributed by atoms with Gasteiger partial charge in [-0.05, 0) is 43.8 Å². The van der Waals surface area contributed by atoms with E-state index in [1.165, 1.54) is 43.0 Å². The number of thioether (sulfide) groups is 1. The van der Waals surface area contributed by atoms with E-state index in [0.717, 1.165) is 25.2 Å². The van der Waals surface area contributed by atoms with E-state index in [0.29, 0.717) is 10.9 Å². The van der Waals surface area contributed by atoms with E-state index in [4.69, 9.17) is 0 Å². The molecule has 1 saturated heterocycles. The molecule has 5 nitrogen and oxygen atoms in total. The van der Waals surface area contributed by atoms with Crippen LogP contribution in [0.2, 0.25) is 0 Å². The van der Waals surface area contributed by atoms with Crippen LogP contribution in [0.3, 0.4) is 0 Å². The average molecular weight is 354 g/mol. The summed E-state index contributed by atoms with van der Waals surface area (Å²) in [6.45, 7) is 3.16. The molecule has 1 aliphatic rings. The number of nitrogens with zero attached hydrogens (tertiary/aromatic N) is 3. The topological polar surface area (TPSA) is 72.8 Å². The van der Waals surface area contributed by atoms with Crippen LogP contribution < -0.4 is 5.56 Å². The molecule has 1 aliphatic heterocycles. The largest absolute Gasteiger partial charge is 0.300 e. The maximum atomic E-state index is 12.1. The van der Waals surface area contributed by atoms with Crippen LogP contribution in [0.25, 0.3) is 11.3 Å². The second-order valence-electron chi connectivity index (χ2n) is 6.30. The van der Waals surface area contributed by atoms with E-state index in [1.54, 1.807) is 0 Å². The minimum absolute atomic E-state index is 0.0738. The van der Waals surface area contributed by atoms with Crippen molar-refractivity contribution in [3.8, 4) is 17.3 Å². The summed E-state index contributed by atoms with van der Waals surface area (Å²) < 4.78 is 0. The molecule has 0 unspecified atom stereocenters. The number of hydrogen-bond acceptors (Lipinski definition) is 5. The summed E-state index contributed by atoms with van der Waals surface area (Å²) >= 11 is 1.36. The minimum Gasteiger partial charge on any atom is -0.300 e. The number of aromatic nitrogens is 2. The molecule has 0 aliphatic carbocycles. The molecule has 25 heavy (non-hydrogen) atoms. The molecule has 0 atom stereocenters. The zero-order valence-corrected chi connectivity index (χ0v) is 15.2. The lowest BCUT2D eigenvalue weighted by Crippen LogP contribution is -2.23. The van der Waals surface area contributed by atoms with Crippen LogP contribution in [0.4, 0.5) is 0 Å². The Morgan fingerprint density at radius 3 is 2.72 bits per heavy atom. The van der Waals surface area contributed by atoms with E-state index >= 15 is 0 Å². The maximum absolute atomic E-state index is 12.1. The zero-order chi connectivity index (χ0) is 17.6. The monoisotopic (exact) mass is 354 g/mol. The zero-order valence-electron chi connectivity index (χ0n) is 14.4. The molecule has 1 aromatic carbocycles. The van der Waals surface area contributed by atoms with Gasteiger partial charge in [-0.3, -0.25) is 9.69 Å². The lowest BCUT2D eigenvalue weighted by Gasteiger charge is -2.20. The second-order valence-corrected chi connectivity index (χ2v) is 7.10. The fourth-order valence-corrected chi connectivity index (χ4v) is 3.61. The van der Waals surface area contributed by atoms with Gasteiger partial charge in [-0.25, -0.2) is 4.98 Å². The molecule has 130 valence electrons. The van der Waals surface area contributed by atoms with Gasteiger partial charge in [0.1, 0.15) is 11.6 Å². The van der Waals surface area contributed by atoms with Crippen LogP contribution in [0.15, 0.2) is 34.2 Å². The van der Waals surface area contributed by atoms with Gasteiger partial charge in [0.15, 0.2) is 5.16 Å². The van der Waals surface area contributed by atoms with Crippen molar-refractivity contribution in [3.63, 3.8) is 0 Å². The molecule has 1 N–H and O–H groups in total. The number of aromatic amines is 1. The summed E-state index contributed by atoms with van der Waals surface area (Å²) in [7, 11) is 0. The maximum Gasteiger partial charge on any atom is 0.270 e. The molecule has 2 aromatic rings. The van der Waals surface area contributed by atoms with E-state index in [-0.39, 0.29) is 11.1 Å². The predicted octanol–water partition coefficient (Wildman–Crippen LogP) is 3.41. The Labute approximate surface area is 152 Å². The lowest BCUT2D eigenvalue weighted by atomic mass is 10.0. The third-order valence-corrected chi connectivity index (χ3v) is 5.09. The first-order chi connectivity index (χ1) is 12.2. The van der Waals surface area contributed by atoms with Gasteiger partial charge in [0.05, 0.1) is 5.69 Å². The van der Waals surface area contributed by atoms with E-state index in [1.807, 2.05) is 24.5 Å². The minimum atomic E-state index is -0.380. The second kappa shape index (κ2) is 8.32. The fourth-order valence-electron chi connectivity index (χ4n) is 3.23. The molecule has 2 heterocycles. The Bertz CT molecular complexity index is 832. The first-order valence-corrected chi connectivity index (χ1v) is 9.84. The van der Waals surface area contributed by atoms with Crippen molar-refractivity contribution < 1.29 is 0 Å². The quantitative estimate of drug-likeness (QED) is 0.673. The third-order valence-electron chi connectivity index (χ3n) is 4.51. The van der Waals surface area contributed by atoms with E-state index < -0.39 is 0 Å². The molecular formula is C19H22N4OS. The molecule has 0 saturated carbocycles. The Hall–Kier alpha value is -2.10. The van der Waals surface area contributed by atoms with Crippen LogP contribution in [0, 0.1) is 11.3 Å². The van der Waals surface area contributed by atoms with Gasteiger partial charge in [0.25, 0.3) is 5.56 Å². The van der Waals surface area contributed by atoms with Crippen LogP contribution in [-0.4, -0.2) is 34.2 Å². The molecular weight excluding hydrogens is 332 g/mol. The SMILES string of the molecule is CSc1nc(-c2cccc(CN3CCCCCC3)c2)c(C#N)c(=O)[nH]1. The van der Waals surface area contributed by atoms with Crippen LogP contribution in [0.5, 0.6) is 0 Å². The van der Waals surface area contributed by atoms with Crippen molar-refractivity contribution in [2.24, 2.45) is 0 Å². The molecule has 6 heteroatoms. The van der Waals surface area contributed by atoms with Crippen molar-refractivity contribution in [2.45, 2.75) is 37.4 Å². The Morgan fingerprint density at radius 2 is 2.04 bits per heavy atom. The number of hydrogen-bond donors (Lipinski definition) is 1. The highest BCUT2D eigenvalue weighted by Gasteiger charge is 2.15. The summed E-state index contributed by atoms with van der Waals surface area (Å²) in [6.07, 6.45) is 6.99. The predicted molar refractivity (Wildman–Crippen MR) is 101 cm³/mol. The summed E-state index contributed by atoms with van der Waals surface area (Å²) in [4.78, 5) is 21.7. The summed E-state index contributed by atoms with van der Waals surface area (Å²) in [5.41, 5.74) is 2.18. The van der Waals surface area contributed by atoms with Gasteiger partial charge >= 0.3 is 0 Å². The Balaban J connectivity index is 1.92. The third kappa shape index (κ3) is 4.30. The van der Waals surface area contributed by atoms with Gasteiger partial charge in [-0.15, -0.1) is 0 Å². The van der Waals surface area contributed by atoms with Gasteiger partial charge < -0.3 is 4.98 Å². The van der Waals surface area contributed by atoms with Crippen molar-refractivity contribution in [2.75, 3.05) is 19.3 Å². The number of rotatable bonds is 4. The van der Waals surface area contributed by atoms with E-state index in [2.05, 4.69) is 27.0 Å². The standard InChI is InChI=1S/C19H22N4OS/c1-25-19-21-17(16(12-20)18(24)22-19)15-8-6-7-14(11-15)13-23-9-4-2-3-5-10-23/h6-8,11H,2-5,9-10,13H2,1H3,(H,21,22,24). The van der Waals surface area contributed by atoms with Gasteiger partial charge in [-0.1, -0.05) is 42.8 Å². The molecule has 0 radical (unpaired) electrons. The number of nitrogens with one attached hydrogen (secondary N) is 1. The lowest BCUT2D eigenvalue weighted by molar-refractivity contribution is 0.277. The summed E-state index contributed by atoms with van der Waals surface area (Å²) in [5.74, 6) is 0. The van der Waals surface area contributed by atoms with E-state index in [9.17, 15) is 10.1 Å². The first kappa shape index (κ1) is 17.7. The van der Waals surface area contributed by atoms with Crippen LogP contribution >= 0.6 is 11.8 Å². The van der Waals surface area contributed by atoms with Crippen molar-refractivity contribution in [1.29, 1.82) is 5.26 Å². The number of benzene rings is 1.